The molecular formula is C9H10N2O3. The molecule has 1 unspecified atom stereocenters. The van der Waals surface area contributed by atoms with E-state index in [1.165, 1.54) is 0 Å². The molecule has 5 heteroatoms. The van der Waals surface area contributed by atoms with Crippen molar-refractivity contribution in [2.45, 2.75) is 5.92 Å². The molecule has 0 aliphatic rings. The van der Waals surface area contributed by atoms with Crippen molar-refractivity contribution >= 4 is 5.91 Å². The Bertz CT molecular complexity index is 337. The Morgan fingerprint density at radius 3 is 2.43 bits per heavy atom. The Hall–Kier alpha value is -1.91. The average molecular weight is 194 g/mol. The monoisotopic (exact) mass is 194 g/mol. The Morgan fingerprint density at radius 1 is 1.43 bits per heavy atom. The van der Waals surface area contributed by atoms with Gasteiger partial charge in [0.1, 0.15) is 5.92 Å². The largest absolute Gasteiger partial charge is 0.369 e. The predicted octanol–water partition coefficient (Wildman–Crippen LogP) is 0.532. The number of carbonyl (C=O) groups excluding carboxylic acids is 1. The van der Waals surface area contributed by atoms with Crippen LogP contribution in [0.2, 0.25) is 0 Å². The normalized spacial score (nSPS) is 12.0. The number of amides is 1. The van der Waals surface area contributed by atoms with Gasteiger partial charge in [-0.15, -0.1) is 0 Å². The van der Waals surface area contributed by atoms with E-state index in [0.717, 1.165) is 0 Å². The molecule has 1 aromatic rings. The standard InChI is InChI=1S/C9H10N2O3/c10-9(12)8(6-11(13)14)7-4-2-1-3-5-7/h1-5,8H,6H2,(H2,10,12). The number of primary amides is 1. The molecule has 1 aromatic carbocycles. The van der Waals surface area contributed by atoms with E-state index >= 15 is 0 Å². The van der Waals surface area contributed by atoms with Gasteiger partial charge in [-0.2, -0.15) is 0 Å². The lowest BCUT2D eigenvalue weighted by molar-refractivity contribution is -0.481. The fourth-order valence-electron chi connectivity index (χ4n) is 1.19. The fraction of sp³-hybridized carbons (Fsp3) is 0.222. The predicted molar refractivity (Wildman–Crippen MR) is 50.2 cm³/mol. The Balaban J connectivity index is 2.89. The molecule has 0 fully saturated rings. The minimum Gasteiger partial charge on any atom is -0.369 e. The number of nitrogens with zero attached hydrogens (tertiary/aromatic N) is 1. The van der Waals surface area contributed by atoms with Crippen LogP contribution in [0.1, 0.15) is 11.5 Å². The van der Waals surface area contributed by atoms with Crippen LogP contribution in [0, 0.1) is 10.1 Å². The maximum Gasteiger partial charge on any atom is 0.231 e. The highest BCUT2D eigenvalue weighted by molar-refractivity contribution is 5.82. The maximum atomic E-state index is 11.0. The summed E-state index contributed by atoms with van der Waals surface area (Å²) in [7, 11) is 0. The van der Waals surface area contributed by atoms with Crippen molar-refractivity contribution in [1.82, 2.24) is 0 Å². The van der Waals surface area contributed by atoms with Crippen LogP contribution in [0.4, 0.5) is 0 Å². The summed E-state index contributed by atoms with van der Waals surface area (Å²) in [5.74, 6) is -1.51. The minimum atomic E-state index is -0.841. The van der Waals surface area contributed by atoms with Gasteiger partial charge in [0.2, 0.25) is 12.5 Å². The van der Waals surface area contributed by atoms with Gasteiger partial charge < -0.3 is 5.73 Å². The molecule has 0 bridgehead atoms. The van der Waals surface area contributed by atoms with Crippen molar-refractivity contribution in [3.05, 3.63) is 46.0 Å². The third kappa shape index (κ3) is 2.55. The maximum absolute atomic E-state index is 11.0. The molecule has 2 N–H and O–H groups in total. The van der Waals surface area contributed by atoms with Crippen LogP contribution < -0.4 is 5.73 Å². The number of nitrogens with two attached hydrogens (primary N) is 1. The zero-order valence-corrected chi connectivity index (χ0v) is 7.42. The van der Waals surface area contributed by atoms with Gasteiger partial charge in [0, 0.05) is 4.92 Å². The molecular weight excluding hydrogens is 184 g/mol. The number of nitro groups is 1. The van der Waals surface area contributed by atoms with Gasteiger partial charge in [-0.3, -0.25) is 14.9 Å². The highest BCUT2D eigenvalue weighted by Crippen LogP contribution is 2.14. The third-order valence-electron chi connectivity index (χ3n) is 1.88. The summed E-state index contributed by atoms with van der Waals surface area (Å²) >= 11 is 0. The van der Waals surface area contributed by atoms with Crippen molar-refractivity contribution < 1.29 is 9.72 Å². The first-order valence-corrected chi connectivity index (χ1v) is 4.07. The lowest BCUT2D eigenvalue weighted by atomic mass is 9.99. The Morgan fingerprint density at radius 2 is 2.00 bits per heavy atom. The van der Waals surface area contributed by atoms with Crippen LogP contribution >= 0.6 is 0 Å². The van der Waals surface area contributed by atoms with Gasteiger partial charge in [-0.25, -0.2) is 0 Å². The van der Waals surface area contributed by atoms with E-state index in [1.54, 1.807) is 30.3 Å². The first-order valence-electron chi connectivity index (χ1n) is 4.07. The van der Waals surface area contributed by atoms with E-state index in [-0.39, 0.29) is 0 Å². The molecule has 0 heterocycles. The second kappa shape index (κ2) is 4.36. The summed E-state index contributed by atoms with van der Waals surface area (Å²) in [4.78, 5) is 20.7. The number of rotatable bonds is 4. The van der Waals surface area contributed by atoms with Crippen LogP contribution in [0.3, 0.4) is 0 Å². The molecule has 0 saturated heterocycles. The van der Waals surface area contributed by atoms with Crippen molar-refractivity contribution in [1.29, 1.82) is 0 Å². The molecule has 0 aliphatic carbocycles. The van der Waals surface area contributed by atoms with E-state index in [0.29, 0.717) is 5.56 Å². The Kier molecular flexibility index (Phi) is 3.17. The zero-order chi connectivity index (χ0) is 10.6. The van der Waals surface area contributed by atoms with Gasteiger partial charge in [0.25, 0.3) is 0 Å². The van der Waals surface area contributed by atoms with E-state index < -0.39 is 23.3 Å². The van der Waals surface area contributed by atoms with Gasteiger partial charge in [-0.1, -0.05) is 30.3 Å². The lowest BCUT2D eigenvalue weighted by Gasteiger charge is -2.08. The number of hydrogen-bond donors (Lipinski definition) is 1. The van der Waals surface area contributed by atoms with Crippen LogP contribution in [-0.4, -0.2) is 17.4 Å². The van der Waals surface area contributed by atoms with Crippen molar-refractivity contribution in [3.63, 3.8) is 0 Å². The third-order valence-corrected chi connectivity index (χ3v) is 1.88. The van der Waals surface area contributed by atoms with Crippen LogP contribution in [0.15, 0.2) is 30.3 Å². The molecule has 0 spiro atoms. The molecule has 0 aromatic heterocycles. The quantitative estimate of drug-likeness (QED) is 0.560. The average Bonchev–Trinajstić information content (AvgIpc) is 2.15. The van der Waals surface area contributed by atoms with Crippen LogP contribution in [-0.2, 0) is 4.79 Å². The smallest absolute Gasteiger partial charge is 0.231 e. The highest BCUT2D eigenvalue weighted by atomic mass is 16.6. The number of hydrogen-bond acceptors (Lipinski definition) is 3. The summed E-state index contributed by atoms with van der Waals surface area (Å²) in [5, 5.41) is 10.3. The summed E-state index contributed by atoms with van der Waals surface area (Å²) in [6.45, 7) is -0.459. The number of benzene rings is 1. The molecule has 1 rings (SSSR count). The van der Waals surface area contributed by atoms with E-state index in [1.807, 2.05) is 0 Å². The van der Waals surface area contributed by atoms with Crippen molar-refractivity contribution in [2.24, 2.45) is 5.73 Å². The van der Waals surface area contributed by atoms with Gasteiger partial charge >= 0.3 is 0 Å². The molecule has 0 radical (unpaired) electrons. The zero-order valence-electron chi connectivity index (χ0n) is 7.42. The SMILES string of the molecule is NC(=O)C(C[N+](=O)[O-])c1ccccc1. The van der Waals surface area contributed by atoms with E-state index in [4.69, 9.17) is 5.73 Å². The first-order chi connectivity index (χ1) is 6.61. The van der Waals surface area contributed by atoms with Gasteiger partial charge in [0.15, 0.2) is 0 Å². The molecule has 74 valence electrons. The highest BCUT2D eigenvalue weighted by Gasteiger charge is 2.22. The van der Waals surface area contributed by atoms with Crippen molar-refractivity contribution in [2.75, 3.05) is 6.54 Å². The Labute approximate surface area is 80.7 Å². The molecule has 0 saturated carbocycles. The summed E-state index contributed by atoms with van der Waals surface area (Å²) in [6, 6.07) is 8.50. The van der Waals surface area contributed by atoms with E-state index in [9.17, 15) is 14.9 Å². The molecule has 0 aliphatic heterocycles. The summed E-state index contributed by atoms with van der Waals surface area (Å²) in [6.07, 6.45) is 0. The molecule has 1 amide bonds. The van der Waals surface area contributed by atoms with E-state index in [2.05, 4.69) is 0 Å². The second-order valence-electron chi connectivity index (χ2n) is 2.88. The summed E-state index contributed by atoms with van der Waals surface area (Å²) < 4.78 is 0. The van der Waals surface area contributed by atoms with Gasteiger partial charge in [-0.05, 0) is 5.56 Å². The first kappa shape index (κ1) is 10.2. The lowest BCUT2D eigenvalue weighted by Crippen LogP contribution is -2.27. The van der Waals surface area contributed by atoms with Crippen molar-refractivity contribution in [3.8, 4) is 0 Å². The van der Waals surface area contributed by atoms with Crippen LogP contribution in [0.25, 0.3) is 0 Å². The molecule has 1 atom stereocenters. The number of carbonyl (C=O) groups is 1. The summed E-state index contributed by atoms with van der Waals surface area (Å²) in [5.41, 5.74) is 5.65. The topological polar surface area (TPSA) is 86.2 Å². The minimum absolute atomic E-state index is 0.459. The molecule has 5 nitrogen and oxygen atoms in total. The molecule has 14 heavy (non-hydrogen) atoms. The fourth-order valence-corrected chi connectivity index (χ4v) is 1.19. The second-order valence-corrected chi connectivity index (χ2v) is 2.88. The van der Waals surface area contributed by atoms with Crippen LogP contribution in [0.5, 0.6) is 0 Å². The van der Waals surface area contributed by atoms with Gasteiger partial charge in [0.05, 0.1) is 0 Å².